The van der Waals surface area contributed by atoms with Gasteiger partial charge in [0.25, 0.3) is 0 Å². The quantitative estimate of drug-likeness (QED) is 0.338. The van der Waals surface area contributed by atoms with Crippen molar-refractivity contribution in [3.8, 4) is 11.6 Å². The standard InChI is InChI=1S/C25H28N6O2S/c1-16-10-17(11-23(32)29-19-13-28-31(14-19)25(2,3)4)6-9-22(16)33-24-20-12-18(30-34-5)7-8-21(20)26-15-27-24/h6-10,12-15,30H,11H2,1-5H3,(H,29,32). The Bertz CT molecular complexity index is 1330. The van der Waals surface area contributed by atoms with Crippen LogP contribution in [0.3, 0.4) is 0 Å². The molecule has 0 atom stereocenters. The minimum absolute atomic E-state index is 0.0999. The molecule has 0 aliphatic carbocycles. The third-order valence-electron chi connectivity index (χ3n) is 5.18. The summed E-state index contributed by atoms with van der Waals surface area (Å²) < 4.78 is 11.2. The van der Waals surface area contributed by atoms with E-state index < -0.39 is 0 Å². The topological polar surface area (TPSA) is 94.0 Å². The summed E-state index contributed by atoms with van der Waals surface area (Å²) >= 11 is 1.52. The van der Waals surface area contributed by atoms with Crippen molar-refractivity contribution in [2.45, 2.75) is 39.7 Å². The number of anilines is 2. The van der Waals surface area contributed by atoms with E-state index in [1.54, 1.807) is 6.20 Å². The molecule has 0 bridgehead atoms. The highest BCUT2D eigenvalue weighted by molar-refractivity contribution is 7.99. The number of carbonyl (C=O) groups is 1. The molecule has 4 aromatic rings. The van der Waals surface area contributed by atoms with E-state index in [4.69, 9.17) is 4.74 Å². The molecule has 2 heterocycles. The number of aromatic nitrogens is 4. The normalized spacial score (nSPS) is 11.4. The number of nitrogens with zero attached hydrogens (tertiary/aromatic N) is 4. The van der Waals surface area contributed by atoms with Gasteiger partial charge in [0.2, 0.25) is 11.8 Å². The minimum Gasteiger partial charge on any atom is -0.438 e. The van der Waals surface area contributed by atoms with Crippen LogP contribution in [0.4, 0.5) is 11.4 Å². The number of amides is 1. The maximum atomic E-state index is 12.6. The maximum absolute atomic E-state index is 12.6. The van der Waals surface area contributed by atoms with Gasteiger partial charge in [0.1, 0.15) is 12.1 Å². The van der Waals surface area contributed by atoms with Crippen molar-refractivity contribution in [3.63, 3.8) is 0 Å². The smallest absolute Gasteiger partial charge is 0.230 e. The summed E-state index contributed by atoms with van der Waals surface area (Å²) in [6.07, 6.45) is 7.22. The first kappa shape index (κ1) is 23.6. The molecule has 0 aliphatic rings. The molecule has 0 saturated heterocycles. The van der Waals surface area contributed by atoms with E-state index in [1.165, 1.54) is 18.3 Å². The van der Waals surface area contributed by atoms with Crippen molar-refractivity contribution < 1.29 is 9.53 Å². The summed E-state index contributed by atoms with van der Waals surface area (Å²) in [6.45, 7) is 8.13. The summed E-state index contributed by atoms with van der Waals surface area (Å²) in [4.78, 5) is 21.2. The highest BCUT2D eigenvalue weighted by Gasteiger charge is 2.15. The third-order valence-corrected chi connectivity index (χ3v) is 5.62. The molecule has 0 saturated carbocycles. The predicted molar refractivity (Wildman–Crippen MR) is 137 cm³/mol. The van der Waals surface area contributed by atoms with E-state index in [0.29, 0.717) is 17.3 Å². The molecular formula is C25H28N6O2S. The van der Waals surface area contributed by atoms with Gasteiger partial charge in [0, 0.05) is 18.1 Å². The van der Waals surface area contributed by atoms with E-state index in [-0.39, 0.29) is 17.9 Å². The lowest BCUT2D eigenvalue weighted by Crippen LogP contribution is -2.22. The number of hydrogen-bond acceptors (Lipinski definition) is 7. The van der Waals surface area contributed by atoms with Gasteiger partial charge in [-0.3, -0.25) is 9.48 Å². The van der Waals surface area contributed by atoms with Crippen molar-refractivity contribution in [2.24, 2.45) is 0 Å². The van der Waals surface area contributed by atoms with Gasteiger partial charge in [-0.25, -0.2) is 9.97 Å². The summed E-state index contributed by atoms with van der Waals surface area (Å²) in [5.74, 6) is 1.06. The average Bonchev–Trinajstić information content (AvgIpc) is 3.25. The van der Waals surface area contributed by atoms with Crippen LogP contribution < -0.4 is 14.8 Å². The lowest BCUT2D eigenvalue weighted by Gasteiger charge is -2.18. The van der Waals surface area contributed by atoms with E-state index in [1.807, 2.05) is 60.5 Å². The van der Waals surface area contributed by atoms with Gasteiger partial charge in [-0.2, -0.15) is 5.10 Å². The van der Waals surface area contributed by atoms with Crippen molar-refractivity contribution in [3.05, 3.63) is 66.2 Å². The Hall–Kier alpha value is -3.59. The lowest BCUT2D eigenvalue weighted by atomic mass is 10.1. The van der Waals surface area contributed by atoms with Crippen LogP contribution in [0.2, 0.25) is 0 Å². The first-order valence-corrected chi connectivity index (χ1v) is 12.1. The molecule has 0 aliphatic heterocycles. The number of nitrogens with one attached hydrogen (secondary N) is 2. The molecule has 2 aromatic heterocycles. The zero-order chi connectivity index (χ0) is 24.3. The Morgan fingerprint density at radius 2 is 1.94 bits per heavy atom. The SMILES string of the molecule is CSNc1ccc2ncnc(Oc3ccc(CC(=O)Nc4cnn(C(C)(C)C)c4)cc3C)c2c1. The number of fused-ring (bicyclic) bond motifs is 1. The number of benzene rings is 2. The van der Waals surface area contributed by atoms with Gasteiger partial charge >= 0.3 is 0 Å². The van der Waals surface area contributed by atoms with Crippen molar-refractivity contribution in [1.29, 1.82) is 0 Å². The molecule has 4 rings (SSSR count). The number of aryl methyl sites for hydroxylation is 1. The highest BCUT2D eigenvalue weighted by Crippen LogP contribution is 2.31. The Morgan fingerprint density at radius 3 is 2.65 bits per heavy atom. The summed E-state index contributed by atoms with van der Waals surface area (Å²) in [7, 11) is 0. The lowest BCUT2D eigenvalue weighted by molar-refractivity contribution is -0.115. The van der Waals surface area contributed by atoms with Gasteiger partial charge < -0.3 is 14.8 Å². The molecule has 2 aromatic carbocycles. The van der Waals surface area contributed by atoms with E-state index in [9.17, 15) is 4.79 Å². The van der Waals surface area contributed by atoms with Crippen LogP contribution in [0, 0.1) is 6.92 Å². The molecule has 8 nitrogen and oxygen atoms in total. The number of hydrogen-bond donors (Lipinski definition) is 2. The van der Waals surface area contributed by atoms with Gasteiger partial charge in [0.15, 0.2) is 0 Å². The van der Waals surface area contributed by atoms with Crippen LogP contribution in [0.15, 0.2) is 55.1 Å². The first-order valence-electron chi connectivity index (χ1n) is 10.9. The summed E-state index contributed by atoms with van der Waals surface area (Å²) in [5.41, 5.74) is 4.10. The van der Waals surface area contributed by atoms with Gasteiger partial charge in [-0.15, -0.1) is 0 Å². The average molecular weight is 477 g/mol. The number of carbonyl (C=O) groups excluding carboxylic acids is 1. The second-order valence-corrected chi connectivity index (χ2v) is 9.60. The fourth-order valence-corrected chi connectivity index (χ4v) is 3.84. The molecule has 0 unspecified atom stereocenters. The molecule has 0 spiro atoms. The van der Waals surface area contributed by atoms with Crippen LogP contribution in [0.25, 0.3) is 10.9 Å². The van der Waals surface area contributed by atoms with Gasteiger partial charge in [0.05, 0.1) is 34.7 Å². The summed E-state index contributed by atoms with van der Waals surface area (Å²) in [6, 6.07) is 11.6. The minimum atomic E-state index is -0.141. The fourth-order valence-electron chi connectivity index (χ4n) is 3.48. The van der Waals surface area contributed by atoms with E-state index in [2.05, 4.69) is 45.9 Å². The largest absolute Gasteiger partial charge is 0.438 e. The second-order valence-electron chi connectivity index (χ2n) is 8.99. The molecular weight excluding hydrogens is 448 g/mol. The Balaban J connectivity index is 1.47. The zero-order valence-corrected chi connectivity index (χ0v) is 20.7. The predicted octanol–water partition coefficient (Wildman–Crippen LogP) is 5.55. The van der Waals surface area contributed by atoms with Crippen LogP contribution in [-0.2, 0) is 16.8 Å². The molecule has 1 amide bonds. The molecule has 2 N–H and O–H groups in total. The van der Waals surface area contributed by atoms with Crippen LogP contribution in [0.1, 0.15) is 31.9 Å². The molecule has 0 radical (unpaired) electrons. The Morgan fingerprint density at radius 1 is 1.12 bits per heavy atom. The zero-order valence-electron chi connectivity index (χ0n) is 19.9. The second kappa shape index (κ2) is 9.72. The number of rotatable bonds is 7. The number of ether oxygens (including phenoxy) is 1. The van der Waals surface area contributed by atoms with Gasteiger partial charge in [-0.1, -0.05) is 24.1 Å². The molecule has 34 heavy (non-hydrogen) atoms. The van der Waals surface area contributed by atoms with Crippen LogP contribution in [0.5, 0.6) is 11.6 Å². The Labute approximate surface area is 203 Å². The van der Waals surface area contributed by atoms with Crippen molar-refractivity contribution in [1.82, 2.24) is 19.7 Å². The third kappa shape index (κ3) is 5.48. The molecule has 176 valence electrons. The monoisotopic (exact) mass is 476 g/mol. The summed E-state index contributed by atoms with van der Waals surface area (Å²) in [5, 5.41) is 8.05. The highest BCUT2D eigenvalue weighted by atomic mass is 32.2. The van der Waals surface area contributed by atoms with E-state index >= 15 is 0 Å². The van der Waals surface area contributed by atoms with Crippen molar-refractivity contribution >= 4 is 40.1 Å². The first-order chi connectivity index (χ1) is 16.2. The van der Waals surface area contributed by atoms with Crippen molar-refractivity contribution in [2.75, 3.05) is 16.3 Å². The van der Waals surface area contributed by atoms with Crippen LogP contribution in [-0.4, -0.2) is 31.9 Å². The van der Waals surface area contributed by atoms with Crippen LogP contribution >= 0.6 is 11.9 Å². The fraction of sp³-hybridized carbons (Fsp3) is 0.280. The van der Waals surface area contributed by atoms with Gasteiger partial charge in [-0.05, 0) is 63.1 Å². The Kier molecular flexibility index (Phi) is 6.74. The molecule has 9 heteroatoms. The van der Waals surface area contributed by atoms with E-state index in [0.717, 1.165) is 27.7 Å². The molecule has 0 fully saturated rings. The maximum Gasteiger partial charge on any atom is 0.230 e.